The second-order valence-corrected chi connectivity index (χ2v) is 5.57. The fourth-order valence-electron chi connectivity index (χ4n) is 2.36. The zero-order valence-electron chi connectivity index (χ0n) is 14.5. The van der Waals surface area contributed by atoms with Crippen molar-refractivity contribution in [1.82, 2.24) is 15.1 Å². The van der Waals surface area contributed by atoms with Crippen LogP contribution in [0.2, 0.25) is 0 Å². The summed E-state index contributed by atoms with van der Waals surface area (Å²) < 4.78 is 33.2. The van der Waals surface area contributed by atoms with Gasteiger partial charge >= 0.3 is 6.03 Å². The van der Waals surface area contributed by atoms with Crippen LogP contribution in [0.25, 0.3) is 5.69 Å². The minimum Gasteiger partial charge on any atom is -0.492 e. The first-order valence-electron chi connectivity index (χ1n) is 8.24. The number of rotatable bonds is 6. The molecule has 9 heteroatoms. The molecule has 142 valence electrons. The largest absolute Gasteiger partial charge is 0.492 e. The summed E-state index contributed by atoms with van der Waals surface area (Å²) in [5.41, 5.74) is 0.128. The van der Waals surface area contributed by atoms with Crippen molar-refractivity contribution in [3.8, 4) is 17.5 Å². The van der Waals surface area contributed by atoms with Gasteiger partial charge in [0.1, 0.15) is 35.6 Å². The van der Waals surface area contributed by atoms with Gasteiger partial charge in [-0.3, -0.25) is 5.32 Å². The van der Waals surface area contributed by atoms with Crippen molar-refractivity contribution >= 4 is 11.8 Å². The van der Waals surface area contributed by atoms with Crippen LogP contribution in [0, 0.1) is 23.0 Å². The summed E-state index contributed by atoms with van der Waals surface area (Å²) in [5.74, 6) is -0.288. The summed E-state index contributed by atoms with van der Waals surface area (Å²) in [6, 6.07) is 12.5. The maximum absolute atomic E-state index is 13.7. The molecule has 7 nitrogen and oxygen atoms in total. The normalized spacial score (nSPS) is 10.2. The molecule has 0 atom stereocenters. The molecule has 0 aliphatic rings. The van der Waals surface area contributed by atoms with Crippen molar-refractivity contribution in [2.45, 2.75) is 0 Å². The van der Waals surface area contributed by atoms with E-state index in [1.54, 1.807) is 12.1 Å². The van der Waals surface area contributed by atoms with E-state index in [0.29, 0.717) is 5.75 Å². The van der Waals surface area contributed by atoms with E-state index in [0.717, 1.165) is 0 Å². The highest BCUT2D eigenvalue weighted by Gasteiger charge is 2.11. The Bertz CT molecular complexity index is 1010. The van der Waals surface area contributed by atoms with E-state index in [1.807, 2.05) is 0 Å². The van der Waals surface area contributed by atoms with Gasteiger partial charge in [0, 0.05) is 12.3 Å². The van der Waals surface area contributed by atoms with Crippen LogP contribution in [0.15, 0.2) is 54.7 Å². The van der Waals surface area contributed by atoms with Gasteiger partial charge in [-0.1, -0.05) is 6.07 Å². The first-order valence-corrected chi connectivity index (χ1v) is 8.24. The summed E-state index contributed by atoms with van der Waals surface area (Å²) in [4.78, 5) is 11.9. The number of halogens is 2. The number of carbonyl (C=O) groups is 1. The van der Waals surface area contributed by atoms with Crippen molar-refractivity contribution < 1.29 is 18.3 Å². The van der Waals surface area contributed by atoms with Crippen molar-refractivity contribution in [2.75, 3.05) is 18.5 Å². The third-order valence-electron chi connectivity index (χ3n) is 3.65. The van der Waals surface area contributed by atoms with Crippen LogP contribution in [0.3, 0.4) is 0 Å². The van der Waals surface area contributed by atoms with Crippen LogP contribution in [-0.2, 0) is 0 Å². The summed E-state index contributed by atoms with van der Waals surface area (Å²) in [7, 11) is 0. The standard InChI is InChI=1S/C19H15F2N5O2/c20-13-4-6-14(7-5-13)28-11-9-23-19(27)24-18-8-10-26(25-18)17-3-1-2-16(21)15(17)12-22/h1-8,10H,9,11H2,(H2,23,24,25,27). The van der Waals surface area contributed by atoms with E-state index in [2.05, 4.69) is 15.7 Å². The smallest absolute Gasteiger partial charge is 0.320 e. The molecule has 3 aromatic rings. The van der Waals surface area contributed by atoms with Gasteiger partial charge in [-0.2, -0.15) is 5.26 Å². The van der Waals surface area contributed by atoms with Crippen molar-refractivity contribution in [2.24, 2.45) is 0 Å². The predicted octanol–water partition coefficient (Wildman–Crippen LogP) is 3.22. The summed E-state index contributed by atoms with van der Waals surface area (Å²) in [6.45, 7) is 0.411. The number of amides is 2. The lowest BCUT2D eigenvalue weighted by Crippen LogP contribution is -2.32. The van der Waals surface area contributed by atoms with E-state index in [4.69, 9.17) is 10.00 Å². The Hall–Kier alpha value is -3.93. The lowest BCUT2D eigenvalue weighted by atomic mass is 10.2. The summed E-state index contributed by atoms with van der Waals surface area (Å²) in [5, 5.41) is 18.3. The van der Waals surface area contributed by atoms with Gasteiger partial charge in [-0.25, -0.2) is 18.3 Å². The van der Waals surface area contributed by atoms with Gasteiger partial charge in [-0.15, -0.1) is 5.10 Å². The molecule has 0 saturated heterocycles. The minimum atomic E-state index is -0.649. The van der Waals surface area contributed by atoms with Gasteiger partial charge < -0.3 is 10.1 Å². The molecule has 2 N–H and O–H groups in total. The number of hydrogen-bond donors (Lipinski definition) is 2. The molecule has 2 amide bonds. The van der Waals surface area contributed by atoms with Crippen molar-refractivity contribution in [3.05, 3.63) is 71.9 Å². The first kappa shape index (κ1) is 18.8. The molecule has 3 rings (SSSR count). The van der Waals surface area contributed by atoms with Crippen LogP contribution in [0.1, 0.15) is 5.56 Å². The Morgan fingerprint density at radius 3 is 2.71 bits per heavy atom. The van der Waals surface area contributed by atoms with Crippen LogP contribution in [0.4, 0.5) is 19.4 Å². The number of urea groups is 1. The molecule has 0 bridgehead atoms. The zero-order valence-corrected chi connectivity index (χ0v) is 14.5. The minimum absolute atomic E-state index is 0.139. The van der Waals surface area contributed by atoms with E-state index < -0.39 is 11.8 Å². The highest BCUT2D eigenvalue weighted by molar-refractivity contribution is 5.88. The maximum atomic E-state index is 13.7. The molecule has 0 fully saturated rings. The highest BCUT2D eigenvalue weighted by Crippen LogP contribution is 2.17. The summed E-state index contributed by atoms with van der Waals surface area (Å²) in [6.07, 6.45) is 1.50. The molecule has 28 heavy (non-hydrogen) atoms. The van der Waals surface area contributed by atoms with E-state index in [-0.39, 0.29) is 36.0 Å². The third-order valence-corrected chi connectivity index (χ3v) is 3.65. The van der Waals surface area contributed by atoms with Gasteiger partial charge in [0.15, 0.2) is 5.82 Å². The number of benzene rings is 2. The molecule has 0 radical (unpaired) electrons. The molecule has 0 spiro atoms. The van der Waals surface area contributed by atoms with Crippen LogP contribution in [0.5, 0.6) is 5.75 Å². The van der Waals surface area contributed by atoms with E-state index in [9.17, 15) is 13.6 Å². The average Bonchev–Trinajstić information content (AvgIpc) is 3.14. The SMILES string of the molecule is N#Cc1c(F)cccc1-n1ccc(NC(=O)NCCOc2ccc(F)cc2)n1. The second kappa shape index (κ2) is 8.64. The Labute approximate surface area is 159 Å². The first-order chi connectivity index (χ1) is 13.6. The average molecular weight is 383 g/mol. The van der Waals surface area contributed by atoms with E-state index >= 15 is 0 Å². The van der Waals surface area contributed by atoms with Gasteiger partial charge in [0.05, 0.1) is 12.2 Å². The third kappa shape index (κ3) is 4.62. The monoisotopic (exact) mass is 383 g/mol. The molecule has 0 aliphatic carbocycles. The lowest BCUT2D eigenvalue weighted by Gasteiger charge is -2.08. The predicted molar refractivity (Wildman–Crippen MR) is 97.2 cm³/mol. The molecule has 2 aromatic carbocycles. The molecule has 1 heterocycles. The Morgan fingerprint density at radius 2 is 1.96 bits per heavy atom. The number of nitriles is 1. The number of carbonyl (C=O) groups excluding carboxylic acids is 1. The van der Waals surface area contributed by atoms with E-state index in [1.165, 1.54) is 53.3 Å². The molecular weight excluding hydrogens is 368 g/mol. The molecular formula is C19H15F2N5O2. The topological polar surface area (TPSA) is 92.0 Å². The molecule has 0 aliphatic heterocycles. The number of nitrogens with one attached hydrogen (secondary N) is 2. The van der Waals surface area contributed by atoms with Crippen molar-refractivity contribution in [1.29, 1.82) is 5.26 Å². The lowest BCUT2D eigenvalue weighted by molar-refractivity contribution is 0.247. The Balaban J connectivity index is 1.51. The van der Waals surface area contributed by atoms with Crippen LogP contribution in [-0.4, -0.2) is 29.0 Å². The fraction of sp³-hybridized carbons (Fsp3) is 0.105. The maximum Gasteiger partial charge on any atom is 0.320 e. The van der Waals surface area contributed by atoms with Crippen LogP contribution >= 0.6 is 0 Å². The number of hydrogen-bond acceptors (Lipinski definition) is 4. The van der Waals surface area contributed by atoms with Crippen molar-refractivity contribution in [3.63, 3.8) is 0 Å². The van der Waals surface area contributed by atoms with Gasteiger partial charge in [0.25, 0.3) is 0 Å². The number of aromatic nitrogens is 2. The number of ether oxygens (including phenoxy) is 1. The molecule has 1 aromatic heterocycles. The fourth-order valence-corrected chi connectivity index (χ4v) is 2.36. The zero-order chi connectivity index (χ0) is 19.9. The Morgan fingerprint density at radius 1 is 1.18 bits per heavy atom. The number of anilines is 1. The quantitative estimate of drug-likeness (QED) is 0.640. The van der Waals surface area contributed by atoms with Gasteiger partial charge in [0.2, 0.25) is 0 Å². The molecule has 0 unspecified atom stereocenters. The summed E-state index contributed by atoms with van der Waals surface area (Å²) >= 11 is 0. The van der Waals surface area contributed by atoms with Gasteiger partial charge in [-0.05, 0) is 36.4 Å². The molecule has 0 saturated carbocycles. The van der Waals surface area contributed by atoms with Crippen LogP contribution < -0.4 is 15.4 Å². The number of nitrogens with zero attached hydrogens (tertiary/aromatic N) is 3. The highest BCUT2D eigenvalue weighted by atomic mass is 19.1. The Kier molecular flexibility index (Phi) is 5.81. The second-order valence-electron chi connectivity index (χ2n) is 5.57.